The van der Waals surface area contributed by atoms with Crippen molar-refractivity contribution in [2.45, 2.75) is 24.3 Å². The van der Waals surface area contributed by atoms with Crippen LogP contribution >= 0.6 is 11.6 Å². The summed E-state index contributed by atoms with van der Waals surface area (Å²) in [5.41, 5.74) is 7.09. The Labute approximate surface area is 164 Å². The molecule has 3 rings (SSSR count). The molecule has 0 bridgehead atoms. The standard InChI is InChI=1S/C20H27ClN4O2/c1-14(12-26)10-25-9-7-20(22,17(21)11-25)13-24-19(27)16-6-2-4-15-5-3-8-23-18(15)16/h2-6,8,14,17,26H,7,9-13,22H2,1H3,(H,24,27). The predicted octanol–water partition coefficient (Wildman–Crippen LogP) is 1.60. The molecule has 0 radical (unpaired) electrons. The van der Waals surface area contributed by atoms with E-state index in [0.717, 1.165) is 18.5 Å². The molecule has 1 aromatic heterocycles. The molecule has 3 unspecified atom stereocenters. The molecule has 0 spiro atoms. The maximum atomic E-state index is 12.7. The first-order valence-corrected chi connectivity index (χ1v) is 9.74. The van der Waals surface area contributed by atoms with Gasteiger partial charge in [0.1, 0.15) is 0 Å². The van der Waals surface area contributed by atoms with Crippen molar-refractivity contribution in [2.24, 2.45) is 11.7 Å². The Morgan fingerprint density at radius 1 is 1.48 bits per heavy atom. The molecule has 1 aliphatic rings. The quantitative estimate of drug-likeness (QED) is 0.652. The first-order valence-electron chi connectivity index (χ1n) is 9.31. The third-order valence-electron chi connectivity index (χ3n) is 5.27. The number of alkyl halides is 1. The van der Waals surface area contributed by atoms with Gasteiger partial charge in [0, 0.05) is 44.4 Å². The van der Waals surface area contributed by atoms with Crippen LogP contribution < -0.4 is 11.1 Å². The number of nitrogens with zero attached hydrogens (tertiary/aromatic N) is 2. The minimum absolute atomic E-state index is 0.159. The topological polar surface area (TPSA) is 91.5 Å². The number of amides is 1. The number of hydrogen-bond acceptors (Lipinski definition) is 5. The van der Waals surface area contributed by atoms with E-state index in [2.05, 4.69) is 15.2 Å². The lowest BCUT2D eigenvalue weighted by molar-refractivity contribution is 0.0916. The van der Waals surface area contributed by atoms with Gasteiger partial charge in [0.05, 0.1) is 22.0 Å². The third-order valence-corrected chi connectivity index (χ3v) is 5.85. The Balaban J connectivity index is 1.63. The molecule has 2 heterocycles. The van der Waals surface area contributed by atoms with E-state index < -0.39 is 5.54 Å². The summed E-state index contributed by atoms with van der Waals surface area (Å²) >= 11 is 6.58. The highest BCUT2D eigenvalue weighted by atomic mass is 35.5. The Morgan fingerprint density at radius 3 is 3.00 bits per heavy atom. The highest BCUT2D eigenvalue weighted by Crippen LogP contribution is 2.25. The maximum absolute atomic E-state index is 12.7. The molecule has 0 saturated carbocycles. The van der Waals surface area contributed by atoms with Crippen LogP contribution in [0.5, 0.6) is 0 Å². The fraction of sp³-hybridized carbons (Fsp3) is 0.500. The van der Waals surface area contributed by atoms with Gasteiger partial charge in [-0.05, 0) is 24.5 Å². The van der Waals surface area contributed by atoms with E-state index >= 15 is 0 Å². The molecule has 0 aliphatic carbocycles. The molecule has 1 fully saturated rings. The number of nitrogens with two attached hydrogens (primary N) is 1. The summed E-state index contributed by atoms with van der Waals surface area (Å²) in [5, 5.41) is 12.8. The zero-order valence-electron chi connectivity index (χ0n) is 15.6. The molecule has 3 atom stereocenters. The van der Waals surface area contributed by atoms with Gasteiger partial charge in [-0.3, -0.25) is 9.78 Å². The number of carbonyl (C=O) groups excluding carboxylic acids is 1. The van der Waals surface area contributed by atoms with E-state index in [4.69, 9.17) is 17.3 Å². The van der Waals surface area contributed by atoms with Crippen LogP contribution in [-0.2, 0) is 0 Å². The average molecular weight is 391 g/mol. The number of pyridine rings is 1. The first-order chi connectivity index (χ1) is 12.9. The van der Waals surface area contributed by atoms with Crippen molar-refractivity contribution in [2.75, 3.05) is 32.8 Å². The lowest BCUT2D eigenvalue weighted by Gasteiger charge is -2.43. The molecule has 1 aromatic carbocycles. The Morgan fingerprint density at radius 2 is 2.26 bits per heavy atom. The zero-order chi connectivity index (χ0) is 19.4. The number of hydrogen-bond donors (Lipinski definition) is 3. The molecule has 27 heavy (non-hydrogen) atoms. The van der Waals surface area contributed by atoms with Crippen molar-refractivity contribution in [1.82, 2.24) is 15.2 Å². The Kier molecular flexibility index (Phi) is 6.32. The molecule has 7 heteroatoms. The highest BCUT2D eigenvalue weighted by Gasteiger charge is 2.39. The lowest BCUT2D eigenvalue weighted by atomic mass is 9.87. The number of para-hydroxylation sites is 1. The van der Waals surface area contributed by atoms with Gasteiger partial charge in [0.2, 0.25) is 0 Å². The van der Waals surface area contributed by atoms with Gasteiger partial charge in [-0.2, -0.15) is 0 Å². The van der Waals surface area contributed by atoms with E-state index in [1.807, 2.05) is 31.2 Å². The second-order valence-corrected chi connectivity index (χ2v) is 8.09. The fourth-order valence-corrected chi connectivity index (χ4v) is 3.90. The van der Waals surface area contributed by atoms with Gasteiger partial charge in [-0.25, -0.2) is 0 Å². The lowest BCUT2D eigenvalue weighted by Crippen LogP contribution is -2.63. The zero-order valence-corrected chi connectivity index (χ0v) is 16.3. The van der Waals surface area contributed by atoms with Gasteiger partial charge in [0.15, 0.2) is 0 Å². The van der Waals surface area contributed by atoms with Gasteiger partial charge in [0.25, 0.3) is 5.91 Å². The smallest absolute Gasteiger partial charge is 0.253 e. The van der Waals surface area contributed by atoms with Crippen LogP contribution in [0, 0.1) is 5.92 Å². The van der Waals surface area contributed by atoms with Crippen molar-refractivity contribution >= 4 is 28.4 Å². The van der Waals surface area contributed by atoms with Crippen LogP contribution in [-0.4, -0.2) is 64.6 Å². The molecular formula is C20H27ClN4O2. The molecule has 1 amide bonds. The number of fused-ring (bicyclic) bond motifs is 1. The number of benzene rings is 1. The second kappa shape index (κ2) is 8.52. The molecule has 1 saturated heterocycles. The molecule has 2 aromatic rings. The van der Waals surface area contributed by atoms with Crippen LogP contribution in [0.2, 0.25) is 0 Å². The maximum Gasteiger partial charge on any atom is 0.253 e. The number of aromatic nitrogens is 1. The number of piperidine rings is 1. The monoisotopic (exact) mass is 390 g/mol. The van der Waals surface area contributed by atoms with Crippen LogP contribution in [0.1, 0.15) is 23.7 Å². The van der Waals surface area contributed by atoms with Crippen molar-refractivity contribution in [3.05, 3.63) is 42.1 Å². The van der Waals surface area contributed by atoms with Crippen molar-refractivity contribution in [3.63, 3.8) is 0 Å². The van der Waals surface area contributed by atoms with E-state index in [0.29, 0.717) is 30.6 Å². The largest absolute Gasteiger partial charge is 0.396 e. The fourth-order valence-electron chi connectivity index (χ4n) is 3.51. The SMILES string of the molecule is CC(CO)CN1CCC(N)(CNC(=O)c2cccc3cccnc23)C(Cl)C1. The van der Waals surface area contributed by atoms with Gasteiger partial charge in [-0.1, -0.05) is 25.1 Å². The predicted molar refractivity (Wildman–Crippen MR) is 108 cm³/mol. The molecule has 6 nitrogen and oxygen atoms in total. The number of aliphatic hydroxyl groups is 1. The number of likely N-dealkylation sites (tertiary alicyclic amines) is 1. The van der Waals surface area contributed by atoms with E-state index in [1.54, 1.807) is 12.3 Å². The number of aliphatic hydroxyl groups excluding tert-OH is 1. The summed E-state index contributed by atoms with van der Waals surface area (Å²) in [4.78, 5) is 19.3. The van der Waals surface area contributed by atoms with Crippen LogP contribution in [0.3, 0.4) is 0 Å². The summed E-state index contributed by atoms with van der Waals surface area (Å²) in [7, 11) is 0. The summed E-state index contributed by atoms with van der Waals surface area (Å²) in [6, 6.07) is 9.33. The summed E-state index contributed by atoms with van der Waals surface area (Å²) < 4.78 is 0. The Bertz CT molecular complexity index is 797. The van der Waals surface area contributed by atoms with E-state index in [-0.39, 0.29) is 23.8 Å². The minimum Gasteiger partial charge on any atom is -0.396 e. The average Bonchev–Trinajstić information content (AvgIpc) is 2.68. The van der Waals surface area contributed by atoms with Crippen LogP contribution in [0.25, 0.3) is 10.9 Å². The van der Waals surface area contributed by atoms with Gasteiger partial charge < -0.3 is 21.1 Å². The number of carbonyl (C=O) groups is 1. The second-order valence-electron chi connectivity index (χ2n) is 7.56. The first kappa shape index (κ1) is 20.0. The normalized spacial score (nSPS) is 24.7. The van der Waals surface area contributed by atoms with E-state index in [9.17, 15) is 9.90 Å². The molecule has 146 valence electrons. The summed E-state index contributed by atoms with van der Waals surface area (Å²) in [5.74, 6) is 0.0158. The number of nitrogens with one attached hydrogen (secondary N) is 1. The molecule has 4 N–H and O–H groups in total. The molecule has 1 aliphatic heterocycles. The minimum atomic E-state index is -0.659. The highest BCUT2D eigenvalue weighted by molar-refractivity contribution is 6.21. The van der Waals surface area contributed by atoms with Crippen molar-refractivity contribution < 1.29 is 9.90 Å². The van der Waals surface area contributed by atoms with Crippen LogP contribution in [0.15, 0.2) is 36.5 Å². The number of halogens is 1. The van der Waals surface area contributed by atoms with Crippen molar-refractivity contribution in [3.8, 4) is 0 Å². The summed E-state index contributed by atoms with van der Waals surface area (Å²) in [6.45, 7) is 4.72. The summed E-state index contributed by atoms with van der Waals surface area (Å²) in [6.07, 6.45) is 2.37. The molecular weight excluding hydrogens is 364 g/mol. The number of rotatable bonds is 6. The van der Waals surface area contributed by atoms with E-state index in [1.165, 1.54) is 0 Å². The van der Waals surface area contributed by atoms with Crippen molar-refractivity contribution in [1.29, 1.82) is 0 Å². The Hall–Kier alpha value is -1.73. The van der Waals surface area contributed by atoms with Gasteiger partial charge in [-0.15, -0.1) is 11.6 Å². The van der Waals surface area contributed by atoms with Gasteiger partial charge >= 0.3 is 0 Å². The van der Waals surface area contributed by atoms with Crippen LogP contribution in [0.4, 0.5) is 0 Å². The third kappa shape index (κ3) is 4.58.